The Labute approximate surface area is 150 Å². The average Bonchev–Trinajstić information content (AvgIpc) is 2.90. The van der Waals surface area contributed by atoms with Crippen LogP contribution in [-0.2, 0) is 24.3 Å². The van der Waals surface area contributed by atoms with E-state index in [0.717, 1.165) is 45.1 Å². The predicted octanol–water partition coefficient (Wildman–Crippen LogP) is 4.39. The van der Waals surface area contributed by atoms with Gasteiger partial charge < -0.3 is 9.30 Å². The first-order chi connectivity index (χ1) is 11.4. The van der Waals surface area contributed by atoms with E-state index in [0.29, 0.717) is 13.2 Å². The fraction of sp³-hybridized carbons (Fsp3) is 0.556. The highest BCUT2D eigenvalue weighted by Crippen LogP contribution is 2.39. The van der Waals surface area contributed by atoms with E-state index in [1.807, 2.05) is 6.92 Å². The van der Waals surface area contributed by atoms with E-state index in [1.54, 1.807) is 23.1 Å². The molecule has 24 heavy (non-hydrogen) atoms. The van der Waals surface area contributed by atoms with Gasteiger partial charge in [-0.15, -0.1) is 11.3 Å². The quantitative estimate of drug-likeness (QED) is 0.448. The summed E-state index contributed by atoms with van der Waals surface area (Å²) in [6, 6.07) is 0. The number of ether oxygens (including phenoxy) is 1. The lowest BCUT2D eigenvalue weighted by molar-refractivity contribution is -0.0543. The van der Waals surface area contributed by atoms with Crippen LogP contribution >= 0.6 is 23.1 Å². The van der Waals surface area contributed by atoms with Crippen molar-refractivity contribution in [3.8, 4) is 0 Å². The summed E-state index contributed by atoms with van der Waals surface area (Å²) in [4.78, 5) is 19.3. The second-order valence-electron chi connectivity index (χ2n) is 6.63. The molecule has 0 fully saturated rings. The van der Waals surface area contributed by atoms with Gasteiger partial charge in [0, 0.05) is 17.8 Å². The van der Waals surface area contributed by atoms with E-state index in [-0.39, 0.29) is 11.2 Å². The van der Waals surface area contributed by atoms with E-state index in [1.165, 1.54) is 4.88 Å². The summed E-state index contributed by atoms with van der Waals surface area (Å²) in [6.45, 7) is 13.7. The fourth-order valence-electron chi connectivity index (χ4n) is 3.04. The number of fused-ring (bicyclic) bond motifs is 3. The van der Waals surface area contributed by atoms with Crippen molar-refractivity contribution in [2.75, 3.05) is 5.75 Å². The Kier molecular flexibility index (Phi) is 4.91. The lowest BCUT2D eigenvalue weighted by Crippen LogP contribution is -2.34. The standard InChI is InChI=1S/C18H24N2O2S2/c1-6-18(5)8-12-13(10-22-18)24-16-14(12)15(21)19-17(23-7-2)20(16)9-11(3)4/h3,6-10H2,1-2,4-5H3. The Morgan fingerprint density at radius 2 is 2.25 bits per heavy atom. The van der Waals surface area contributed by atoms with Crippen molar-refractivity contribution >= 4 is 33.3 Å². The van der Waals surface area contributed by atoms with Gasteiger partial charge in [-0.05, 0) is 31.6 Å². The molecule has 0 N–H and O–H groups in total. The van der Waals surface area contributed by atoms with Crippen LogP contribution in [0.3, 0.4) is 0 Å². The van der Waals surface area contributed by atoms with E-state index < -0.39 is 0 Å². The highest BCUT2D eigenvalue weighted by molar-refractivity contribution is 7.99. The van der Waals surface area contributed by atoms with Gasteiger partial charge in [-0.25, -0.2) is 0 Å². The van der Waals surface area contributed by atoms with Crippen molar-refractivity contribution in [1.29, 1.82) is 0 Å². The van der Waals surface area contributed by atoms with Crippen LogP contribution in [0.25, 0.3) is 10.2 Å². The number of thioether (sulfide) groups is 1. The number of aromatic nitrogens is 2. The van der Waals surface area contributed by atoms with E-state index in [4.69, 9.17) is 4.74 Å². The van der Waals surface area contributed by atoms with Crippen molar-refractivity contribution in [3.05, 3.63) is 32.9 Å². The summed E-state index contributed by atoms with van der Waals surface area (Å²) in [7, 11) is 0. The van der Waals surface area contributed by atoms with E-state index >= 15 is 0 Å². The first-order valence-electron chi connectivity index (χ1n) is 8.34. The molecule has 1 atom stereocenters. The minimum atomic E-state index is -0.191. The van der Waals surface area contributed by atoms with E-state index in [2.05, 4.69) is 36.9 Å². The number of thiophene rings is 1. The lowest BCUT2D eigenvalue weighted by atomic mass is 9.90. The van der Waals surface area contributed by atoms with E-state index in [9.17, 15) is 4.79 Å². The molecule has 4 nitrogen and oxygen atoms in total. The molecule has 3 rings (SSSR count). The monoisotopic (exact) mass is 364 g/mol. The van der Waals surface area contributed by atoms with Crippen molar-refractivity contribution in [1.82, 2.24) is 9.55 Å². The van der Waals surface area contributed by atoms with Crippen LogP contribution in [0, 0.1) is 0 Å². The molecule has 6 heteroatoms. The molecule has 1 aliphatic rings. The number of rotatable bonds is 5. The smallest absolute Gasteiger partial charge is 0.282 e. The lowest BCUT2D eigenvalue weighted by Gasteiger charge is -2.32. The molecule has 0 spiro atoms. The zero-order valence-electron chi connectivity index (χ0n) is 14.8. The van der Waals surface area contributed by atoms with Crippen LogP contribution < -0.4 is 5.56 Å². The third-order valence-electron chi connectivity index (χ3n) is 4.51. The summed E-state index contributed by atoms with van der Waals surface area (Å²) < 4.78 is 8.22. The van der Waals surface area contributed by atoms with Crippen molar-refractivity contribution in [3.63, 3.8) is 0 Å². The number of allylic oxidation sites excluding steroid dienone is 1. The molecule has 2 aromatic heterocycles. The van der Waals surface area contributed by atoms with Gasteiger partial charge in [0.2, 0.25) is 0 Å². The fourth-order valence-corrected chi connectivity index (χ4v) is 5.04. The molecular formula is C18H24N2O2S2. The Bertz CT molecular complexity index is 853. The Morgan fingerprint density at radius 3 is 2.88 bits per heavy atom. The Balaban J connectivity index is 2.25. The second-order valence-corrected chi connectivity index (χ2v) is 8.94. The van der Waals surface area contributed by atoms with Crippen LogP contribution in [0.5, 0.6) is 0 Å². The van der Waals surface area contributed by atoms with Gasteiger partial charge in [-0.3, -0.25) is 4.79 Å². The van der Waals surface area contributed by atoms with Crippen LogP contribution in [0.1, 0.15) is 44.6 Å². The molecule has 130 valence electrons. The molecule has 0 aliphatic carbocycles. The maximum absolute atomic E-state index is 12.8. The van der Waals surface area contributed by atoms with Crippen molar-refractivity contribution in [2.45, 2.75) is 64.4 Å². The third-order valence-corrected chi connectivity index (χ3v) is 6.60. The number of hydrogen-bond acceptors (Lipinski definition) is 5. The second kappa shape index (κ2) is 6.65. The molecule has 0 bridgehead atoms. The van der Waals surface area contributed by atoms with Crippen molar-refractivity contribution in [2.24, 2.45) is 0 Å². The summed E-state index contributed by atoms with van der Waals surface area (Å²) in [5.74, 6) is 0.885. The van der Waals surface area contributed by atoms with Crippen LogP contribution in [0.4, 0.5) is 0 Å². The minimum absolute atomic E-state index is 0.100. The van der Waals surface area contributed by atoms with Gasteiger partial charge in [0.15, 0.2) is 5.16 Å². The normalized spacial score (nSPS) is 20.3. The summed E-state index contributed by atoms with van der Waals surface area (Å²) in [5.41, 5.74) is 1.91. The van der Waals surface area contributed by atoms with Crippen LogP contribution in [0.15, 0.2) is 22.1 Å². The molecule has 0 saturated carbocycles. The van der Waals surface area contributed by atoms with Gasteiger partial charge in [-0.2, -0.15) is 4.98 Å². The third kappa shape index (κ3) is 3.07. The number of nitrogens with zero attached hydrogens (tertiary/aromatic N) is 2. The molecule has 0 saturated heterocycles. The SMILES string of the molecule is C=C(C)Cn1c(SCC)nc(=O)c2c3c(sc21)COC(C)(CC)C3. The van der Waals surface area contributed by atoms with Gasteiger partial charge in [0.1, 0.15) is 4.83 Å². The predicted molar refractivity (Wildman–Crippen MR) is 102 cm³/mol. The Morgan fingerprint density at radius 1 is 1.50 bits per heavy atom. The van der Waals surface area contributed by atoms with Gasteiger partial charge in [0.05, 0.1) is 17.6 Å². The molecule has 1 aliphatic heterocycles. The first kappa shape index (κ1) is 17.7. The largest absolute Gasteiger partial charge is 0.369 e. The summed E-state index contributed by atoms with van der Waals surface area (Å²) in [5, 5.41) is 1.58. The number of hydrogen-bond donors (Lipinski definition) is 0. The molecular weight excluding hydrogens is 340 g/mol. The molecule has 0 amide bonds. The molecule has 0 radical (unpaired) electrons. The van der Waals surface area contributed by atoms with Crippen molar-refractivity contribution < 1.29 is 4.74 Å². The molecule has 3 heterocycles. The van der Waals surface area contributed by atoms with Crippen LogP contribution in [0.2, 0.25) is 0 Å². The summed E-state index contributed by atoms with van der Waals surface area (Å²) >= 11 is 3.29. The van der Waals surface area contributed by atoms with Gasteiger partial charge >= 0.3 is 0 Å². The van der Waals surface area contributed by atoms with Crippen LogP contribution in [-0.4, -0.2) is 20.9 Å². The zero-order chi connectivity index (χ0) is 17.5. The maximum Gasteiger partial charge on any atom is 0.282 e. The Hall–Kier alpha value is -1.11. The minimum Gasteiger partial charge on any atom is -0.369 e. The molecule has 1 unspecified atom stereocenters. The maximum atomic E-state index is 12.8. The molecule has 0 aromatic carbocycles. The summed E-state index contributed by atoms with van der Waals surface area (Å²) in [6.07, 6.45) is 1.71. The first-order valence-corrected chi connectivity index (χ1v) is 10.1. The van der Waals surface area contributed by atoms with Gasteiger partial charge in [-0.1, -0.05) is 37.8 Å². The highest BCUT2D eigenvalue weighted by atomic mass is 32.2. The topological polar surface area (TPSA) is 44.1 Å². The van der Waals surface area contributed by atoms with Gasteiger partial charge in [0.25, 0.3) is 5.56 Å². The average molecular weight is 365 g/mol. The highest BCUT2D eigenvalue weighted by Gasteiger charge is 2.33. The zero-order valence-corrected chi connectivity index (χ0v) is 16.4. The molecule has 2 aromatic rings.